The van der Waals surface area contributed by atoms with Gasteiger partial charge in [-0.25, -0.2) is 96.6 Å². The Balaban J connectivity index is 1.90. The summed E-state index contributed by atoms with van der Waals surface area (Å²) in [5.74, 6) is -82.7. The van der Waals surface area contributed by atoms with E-state index in [0.717, 1.165) is 0 Å². The number of alkyl halides is 9. The molecule has 6 rings (SSSR count). The molecule has 0 heterocycles. The molecule has 71 heavy (non-hydrogen) atoms. The minimum atomic E-state index is -6.68. The van der Waals surface area contributed by atoms with Crippen molar-refractivity contribution in [1.29, 1.82) is 0 Å². The SMILES string of the molecule is Cc1c(F)c(F)c(N(c2c(F)c(F)c(C(F)(F)F)c(F)c2F)c2c(F)c(F)c3c(F)c(N(c4c(F)c(F)c(C(F)(F)F)c(F)c4F)c4c(F)c(F)c(C(F)(F)F)c(F)c4F)c(F)c(F)c3c2F)c(F)c1F. The van der Waals surface area contributed by atoms with Crippen molar-refractivity contribution in [3.8, 4) is 0 Å². The van der Waals surface area contributed by atoms with E-state index in [1.54, 1.807) is 0 Å². The third-order valence-electron chi connectivity index (χ3n) is 9.72. The third-order valence-corrected chi connectivity index (χ3v) is 9.72. The van der Waals surface area contributed by atoms with Gasteiger partial charge in [0, 0.05) is 5.56 Å². The number of benzene rings is 6. The van der Waals surface area contributed by atoms with Crippen LogP contribution in [0.4, 0.5) is 170 Å². The van der Waals surface area contributed by atoms with Crippen molar-refractivity contribution in [3.63, 3.8) is 0 Å². The van der Waals surface area contributed by atoms with Crippen LogP contribution in [0.15, 0.2) is 0 Å². The van der Waals surface area contributed by atoms with Crippen LogP contribution in [-0.2, 0) is 18.5 Å². The molecule has 0 fully saturated rings. The first-order chi connectivity index (χ1) is 32.3. The number of nitrogens with zero attached hydrogens (tertiary/aromatic N) is 2. The monoisotopic (exact) mass is 1080 g/mol. The van der Waals surface area contributed by atoms with Crippen LogP contribution in [0.2, 0.25) is 0 Å². The van der Waals surface area contributed by atoms with Gasteiger partial charge in [-0.15, -0.1) is 0 Å². The minimum absolute atomic E-state index is 0.0681. The van der Waals surface area contributed by atoms with E-state index in [9.17, 15) is 74.6 Å². The highest BCUT2D eigenvalue weighted by Gasteiger charge is 2.50. The van der Waals surface area contributed by atoms with Gasteiger partial charge in [-0.05, 0) is 6.92 Å². The average Bonchev–Trinajstić information content (AvgIpc) is 3.24. The Kier molecular flexibility index (Phi) is 12.9. The first-order valence-electron chi connectivity index (χ1n) is 17.2. The second-order valence-electron chi connectivity index (χ2n) is 13.7. The van der Waals surface area contributed by atoms with Crippen molar-refractivity contribution >= 4 is 44.9 Å². The Bertz CT molecular complexity index is 3120. The van der Waals surface area contributed by atoms with Crippen LogP contribution in [-0.4, -0.2) is 0 Å². The molecule has 0 aromatic heterocycles. The normalized spacial score (nSPS) is 12.5. The Morgan fingerprint density at radius 1 is 0.211 bits per heavy atom. The summed E-state index contributed by atoms with van der Waals surface area (Å²) >= 11 is 0. The Morgan fingerprint density at radius 3 is 0.549 bits per heavy atom. The fraction of sp³-hybridized carbons (Fsp3) is 0.105. The van der Waals surface area contributed by atoms with Gasteiger partial charge in [-0.2, -0.15) is 39.5 Å². The predicted octanol–water partition coefficient (Wildman–Crippen LogP) is 16.2. The van der Waals surface area contributed by atoms with Gasteiger partial charge in [-0.3, -0.25) is 9.80 Å². The van der Waals surface area contributed by atoms with Crippen molar-refractivity contribution in [3.05, 3.63) is 150 Å². The highest BCUT2D eigenvalue weighted by molar-refractivity contribution is 5.96. The van der Waals surface area contributed by atoms with Crippen LogP contribution in [0.25, 0.3) is 10.8 Å². The Labute approximate surface area is 366 Å². The number of halogens is 31. The van der Waals surface area contributed by atoms with E-state index >= 15 is 61.5 Å². The molecular weight excluding hydrogens is 1070 g/mol. The number of rotatable bonds is 6. The zero-order chi connectivity index (χ0) is 54.3. The summed E-state index contributed by atoms with van der Waals surface area (Å²) in [7, 11) is 0. The summed E-state index contributed by atoms with van der Waals surface area (Å²) in [6.45, 7) is 0.0681. The molecule has 6 aromatic carbocycles. The summed E-state index contributed by atoms with van der Waals surface area (Å²) in [6.07, 6.45) is -20.0. The molecular formula is C38H3F31N2. The van der Waals surface area contributed by atoms with E-state index in [1.807, 2.05) is 0 Å². The van der Waals surface area contributed by atoms with Gasteiger partial charge < -0.3 is 0 Å². The molecule has 0 atom stereocenters. The second-order valence-corrected chi connectivity index (χ2v) is 13.7. The first-order valence-corrected chi connectivity index (χ1v) is 17.2. The molecule has 382 valence electrons. The quantitative estimate of drug-likeness (QED) is 0.121. The molecule has 0 aliphatic heterocycles. The van der Waals surface area contributed by atoms with Crippen LogP contribution >= 0.6 is 0 Å². The lowest BCUT2D eigenvalue weighted by Gasteiger charge is -2.31. The summed E-state index contributed by atoms with van der Waals surface area (Å²) in [4.78, 5) is -4.33. The zero-order valence-corrected chi connectivity index (χ0v) is 32.1. The second kappa shape index (κ2) is 17.1. The van der Waals surface area contributed by atoms with Gasteiger partial charge in [0.1, 0.15) is 50.8 Å². The lowest BCUT2D eigenvalue weighted by Crippen LogP contribution is -2.27. The van der Waals surface area contributed by atoms with Gasteiger partial charge in [-0.1, -0.05) is 0 Å². The minimum Gasteiger partial charge on any atom is -0.294 e. The molecule has 0 bridgehead atoms. The number of hydrogen-bond acceptors (Lipinski definition) is 2. The molecule has 0 unspecified atom stereocenters. The van der Waals surface area contributed by atoms with Crippen molar-refractivity contribution < 1.29 is 136 Å². The Morgan fingerprint density at radius 2 is 0.366 bits per heavy atom. The average molecular weight is 1080 g/mol. The lowest BCUT2D eigenvalue weighted by molar-refractivity contribution is -0.144. The smallest absolute Gasteiger partial charge is 0.294 e. The van der Waals surface area contributed by atoms with Gasteiger partial charge >= 0.3 is 18.5 Å². The summed E-state index contributed by atoms with van der Waals surface area (Å²) in [5, 5.41) is -6.69. The van der Waals surface area contributed by atoms with Crippen molar-refractivity contribution in [1.82, 2.24) is 0 Å². The van der Waals surface area contributed by atoms with E-state index in [2.05, 4.69) is 0 Å². The number of fused-ring (bicyclic) bond motifs is 1. The van der Waals surface area contributed by atoms with E-state index in [4.69, 9.17) is 0 Å². The molecule has 0 aliphatic carbocycles. The van der Waals surface area contributed by atoms with Gasteiger partial charge in [0.2, 0.25) is 0 Å². The van der Waals surface area contributed by atoms with E-state index < -0.39 is 223 Å². The van der Waals surface area contributed by atoms with Crippen LogP contribution in [0.1, 0.15) is 22.3 Å². The molecule has 33 heteroatoms. The van der Waals surface area contributed by atoms with Gasteiger partial charge in [0.15, 0.2) is 128 Å². The third kappa shape index (κ3) is 7.66. The lowest BCUT2D eigenvalue weighted by atomic mass is 10.00. The van der Waals surface area contributed by atoms with Crippen LogP contribution in [0.3, 0.4) is 0 Å². The Hall–Kier alpha value is -6.99. The summed E-state index contributed by atoms with van der Waals surface area (Å²) in [6, 6.07) is 0. The molecule has 6 aromatic rings. The number of anilines is 6. The maximum Gasteiger partial charge on any atom is 0.422 e. The maximum atomic E-state index is 16.7. The largest absolute Gasteiger partial charge is 0.422 e. The van der Waals surface area contributed by atoms with Crippen LogP contribution in [0.5, 0.6) is 0 Å². The van der Waals surface area contributed by atoms with E-state index in [0.29, 0.717) is 0 Å². The van der Waals surface area contributed by atoms with Crippen molar-refractivity contribution in [2.75, 3.05) is 9.80 Å². The highest BCUT2D eigenvalue weighted by Crippen LogP contribution is 2.54. The summed E-state index contributed by atoms with van der Waals surface area (Å²) in [5.41, 5.74) is -34.5. The molecule has 0 aliphatic rings. The van der Waals surface area contributed by atoms with Gasteiger partial charge in [0.05, 0.1) is 10.8 Å². The topological polar surface area (TPSA) is 6.48 Å². The van der Waals surface area contributed by atoms with Crippen LogP contribution < -0.4 is 9.80 Å². The molecule has 0 saturated carbocycles. The van der Waals surface area contributed by atoms with Gasteiger partial charge in [0.25, 0.3) is 0 Å². The van der Waals surface area contributed by atoms with E-state index in [1.165, 1.54) is 0 Å². The zero-order valence-electron chi connectivity index (χ0n) is 32.1. The van der Waals surface area contributed by atoms with E-state index in [-0.39, 0.29) is 6.92 Å². The molecule has 0 radical (unpaired) electrons. The first kappa shape index (κ1) is 53.4. The summed E-state index contributed by atoms with van der Waals surface area (Å²) < 4.78 is 463. The molecule has 0 saturated heterocycles. The molecule has 0 N–H and O–H groups in total. The highest BCUT2D eigenvalue weighted by atomic mass is 19.4. The fourth-order valence-corrected chi connectivity index (χ4v) is 6.67. The maximum absolute atomic E-state index is 16.7. The number of hydrogen-bond donors (Lipinski definition) is 0. The predicted molar refractivity (Wildman–Crippen MR) is 172 cm³/mol. The fourth-order valence-electron chi connectivity index (χ4n) is 6.67. The molecule has 0 amide bonds. The molecule has 2 nitrogen and oxygen atoms in total. The molecule has 0 spiro atoms. The van der Waals surface area contributed by atoms with Crippen molar-refractivity contribution in [2.45, 2.75) is 25.5 Å². The standard InChI is InChI=1S/C38H3F31N2/c1-2-8(39)20(51)32(21(52)9(2)40)70(33-24(55)14(45)5(36(61,62)63)15(46)25(33)56)30-12(43)3-4(10(41)22(30)53)13(44)31(23(54)11(3)42)71(34-26(57)16(47)6(37(64,65)66)17(48)27(34)58)35-28(59)18(49)7(38(67,68)69)19(50)29(35)60/h1H3. The van der Waals surface area contributed by atoms with Crippen LogP contribution in [0, 0.1) is 135 Å². The van der Waals surface area contributed by atoms with Crippen molar-refractivity contribution in [2.24, 2.45) is 0 Å².